The molecule has 0 spiro atoms. The fourth-order valence-corrected chi connectivity index (χ4v) is 4.92. The summed E-state index contributed by atoms with van der Waals surface area (Å²) >= 11 is 0. The van der Waals surface area contributed by atoms with E-state index in [1.807, 2.05) is 60.7 Å². The standard InChI is InChI=1S/C36H28N2O2.C3H6O/c39-35-15-7-13-33(25-35)37(29-9-3-1-4-10-29)31-21-17-27(18-22-31)28-19-23-32(24-20-28)38(30-11-5-2-6-12-30)34-14-8-16-36(40)26-34;1-3(2)4/h1-26,39-40H;1-2H3. The summed E-state index contributed by atoms with van der Waals surface area (Å²) in [4.78, 5) is 13.7. The lowest BCUT2D eigenvalue weighted by atomic mass is 10.0. The quantitative estimate of drug-likeness (QED) is 0.197. The fourth-order valence-electron chi connectivity index (χ4n) is 4.92. The molecule has 0 radical (unpaired) electrons. The summed E-state index contributed by atoms with van der Waals surface area (Å²) < 4.78 is 0. The van der Waals surface area contributed by atoms with Crippen molar-refractivity contribution in [1.29, 1.82) is 0 Å². The van der Waals surface area contributed by atoms with Crippen LogP contribution in [-0.4, -0.2) is 16.0 Å². The van der Waals surface area contributed by atoms with Crippen molar-refractivity contribution in [2.24, 2.45) is 0 Å². The first-order chi connectivity index (χ1) is 21.4. The van der Waals surface area contributed by atoms with Gasteiger partial charge in [-0.15, -0.1) is 0 Å². The Labute approximate surface area is 258 Å². The topological polar surface area (TPSA) is 64.0 Å². The van der Waals surface area contributed by atoms with E-state index < -0.39 is 0 Å². The predicted molar refractivity (Wildman–Crippen MR) is 181 cm³/mol. The summed E-state index contributed by atoms with van der Waals surface area (Å²) in [5.74, 6) is 0.621. The lowest BCUT2D eigenvalue weighted by Crippen LogP contribution is -2.09. The summed E-state index contributed by atoms with van der Waals surface area (Å²) in [6, 6.07) is 51.7. The predicted octanol–water partition coefficient (Wildman–Crippen LogP) is 10.3. The van der Waals surface area contributed by atoms with Crippen LogP contribution in [0.4, 0.5) is 34.1 Å². The zero-order chi connectivity index (χ0) is 30.9. The second-order valence-electron chi connectivity index (χ2n) is 10.4. The zero-order valence-corrected chi connectivity index (χ0v) is 24.7. The SMILES string of the molecule is CC(C)=O.Oc1cccc(N(c2ccccc2)c2ccc(-c3ccc(N(c4ccccc4)c4cccc(O)c4)cc3)cc2)c1. The molecule has 0 aromatic heterocycles. The van der Waals surface area contributed by atoms with E-state index in [-0.39, 0.29) is 17.3 Å². The molecule has 218 valence electrons. The van der Waals surface area contributed by atoms with E-state index in [4.69, 9.17) is 0 Å². The Bertz CT molecular complexity index is 1670. The number of benzene rings is 6. The minimum atomic E-state index is 0.167. The average Bonchev–Trinajstić information content (AvgIpc) is 3.03. The Kier molecular flexibility index (Phi) is 9.38. The molecule has 44 heavy (non-hydrogen) atoms. The smallest absolute Gasteiger partial charge is 0.126 e. The number of nitrogens with zero attached hydrogens (tertiary/aromatic N) is 2. The summed E-state index contributed by atoms with van der Waals surface area (Å²) in [5, 5.41) is 20.3. The van der Waals surface area contributed by atoms with E-state index in [1.165, 1.54) is 13.8 Å². The number of para-hydroxylation sites is 2. The number of ketones is 1. The molecule has 0 aliphatic rings. The molecule has 0 unspecified atom stereocenters. The fraction of sp³-hybridized carbons (Fsp3) is 0.0513. The van der Waals surface area contributed by atoms with Gasteiger partial charge in [-0.05, 0) is 97.8 Å². The highest BCUT2D eigenvalue weighted by Crippen LogP contribution is 2.38. The number of carbonyl (C=O) groups is 1. The summed E-state index contributed by atoms with van der Waals surface area (Å²) in [5.41, 5.74) is 7.99. The number of Topliss-reactive ketones (excluding diaryl/α,β-unsaturated/α-hetero) is 1. The maximum Gasteiger partial charge on any atom is 0.126 e. The van der Waals surface area contributed by atoms with Crippen LogP contribution in [-0.2, 0) is 4.79 Å². The van der Waals surface area contributed by atoms with Gasteiger partial charge < -0.3 is 24.8 Å². The molecule has 6 aromatic carbocycles. The molecule has 0 amide bonds. The van der Waals surface area contributed by atoms with Crippen molar-refractivity contribution in [2.75, 3.05) is 9.80 Å². The number of phenolic OH excluding ortho intramolecular Hbond substituents is 2. The number of hydrogen-bond acceptors (Lipinski definition) is 5. The third kappa shape index (κ3) is 7.33. The van der Waals surface area contributed by atoms with E-state index >= 15 is 0 Å². The van der Waals surface area contributed by atoms with E-state index in [9.17, 15) is 15.0 Å². The highest BCUT2D eigenvalue weighted by Gasteiger charge is 2.15. The van der Waals surface area contributed by atoms with E-state index in [1.54, 1.807) is 24.3 Å². The number of phenols is 2. The van der Waals surface area contributed by atoms with E-state index in [0.717, 1.165) is 45.3 Å². The van der Waals surface area contributed by atoms with Gasteiger partial charge in [0.1, 0.15) is 17.3 Å². The lowest BCUT2D eigenvalue weighted by molar-refractivity contribution is -0.115. The Balaban J connectivity index is 0.000000906. The van der Waals surface area contributed by atoms with Gasteiger partial charge in [-0.3, -0.25) is 0 Å². The van der Waals surface area contributed by atoms with Crippen molar-refractivity contribution in [3.63, 3.8) is 0 Å². The normalized spacial score (nSPS) is 10.3. The Morgan fingerprint density at radius 2 is 0.705 bits per heavy atom. The van der Waals surface area contributed by atoms with Crippen LogP contribution >= 0.6 is 0 Å². The molecule has 0 aliphatic heterocycles. The number of anilines is 6. The molecule has 0 fully saturated rings. The van der Waals surface area contributed by atoms with Gasteiger partial charge in [0.05, 0.1) is 0 Å². The average molecular weight is 579 g/mol. The van der Waals surface area contributed by atoms with Crippen LogP contribution in [0.2, 0.25) is 0 Å². The van der Waals surface area contributed by atoms with Crippen LogP contribution in [0.25, 0.3) is 11.1 Å². The summed E-state index contributed by atoms with van der Waals surface area (Å²) in [6.07, 6.45) is 0. The van der Waals surface area contributed by atoms with Crippen LogP contribution in [0, 0.1) is 0 Å². The Morgan fingerprint density at radius 1 is 0.409 bits per heavy atom. The molecule has 6 rings (SSSR count). The highest BCUT2D eigenvalue weighted by atomic mass is 16.3. The van der Waals surface area contributed by atoms with Crippen LogP contribution < -0.4 is 9.80 Å². The van der Waals surface area contributed by atoms with Gasteiger partial charge in [-0.1, -0.05) is 72.8 Å². The third-order valence-electron chi connectivity index (χ3n) is 6.79. The molecule has 0 atom stereocenters. The Hall–Kier alpha value is -5.81. The maximum absolute atomic E-state index is 10.1. The van der Waals surface area contributed by atoms with Gasteiger partial charge in [0.15, 0.2) is 0 Å². The second-order valence-corrected chi connectivity index (χ2v) is 10.4. The summed E-state index contributed by atoms with van der Waals surface area (Å²) in [7, 11) is 0. The monoisotopic (exact) mass is 578 g/mol. The zero-order valence-electron chi connectivity index (χ0n) is 24.7. The first kappa shape index (κ1) is 29.7. The Morgan fingerprint density at radius 3 is 1.02 bits per heavy atom. The molecule has 0 saturated heterocycles. The number of rotatable bonds is 7. The maximum atomic E-state index is 10.1. The van der Waals surface area contributed by atoms with Gasteiger partial charge in [0, 0.05) is 46.3 Å². The number of carbonyl (C=O) groups excluding carboxylic acids is 1. The molecule has 0 saturated carbocycles. The van der Waals surface area contributed by atoms with Crippen LogP contribution in [0.5, 0.6) is 11.5 Å². The van der Waals surface area contributed by atoms with Crippen molar-refractivity contribution >= 4 is 39.9 Å². The van der Waals surface area contributed by atoms with E-state index in [2.05, 4.69) is 82.6 Å². The largest absolute Gasteiger partial charge is 0.508 e. The minimum absolute atomic E-state index is 0.167. The number of hydrogen-bond donors (Lipinski definition) is 2. The molecular formula is C39H34N2O3. The van der Waals surface area contributed by atoms with Crippen LogP contribution in [0.15, 0.2) is 158 Å². The van der Waals surface area contributed by atoms with Gasteiger partial charge in [-0.2, -0.15) is 0 Å². The van der Waals surface area contributed by atoms with Crippen molar-refractivity contribution < 1.29 is 15.0 Å². The second kappa shape index (κ2) is 13.9. The van der Waals surface area contributed by atoms with Crippen LogP contribution in [0.1, 0.15) is 13.8 Å². The van der Waals surface area contributed by atoms with Gasteiger partial charge in [0.25, 0.3) is 0 Å². The molecule has 0 aliphatic carbocycles. The molecule has 0 heterocycles. The summed E-state index contributed by atoms with van der Waals surface area (Å²) in [6.45, 7) is 3.06. The first-order valence-electron chi connectivity index (χ1n) is 14.3. The molecule has 2 N–H and O–H groups in total. The highest BCUT2D eigenvalue weighted by molar-refractivity contribution is 5.81. The third-order valence-corrected chi connectivity index (χ3v) is 6.79. The first-order valence-corrected chi connectivity index (χ1v) is 14.3. The molecule has 0 bridgehead atoms. The van der Waals surface area contributed by atoms with E-state index in [0.29, 0.717) is 0 Å². The molecular weight excluding hydrogens is 544 g/mol. The van der Waals surface area contributed by atoms with Crippen molar-refractivity contribution in [1.82, 2.24) is 0 Å². The van der Waals surface area contributed by atoms with Crippen LogP contribution in [0.3, 0.4) is 0 Å². The number of aromatic hydroxyl groups is 2. The van der Waals surface area contributed by atoms with Gasteiger partial charge in [-0.25, -0.2) is 0 Å². The van der Waals surface area contributed by atoms with Crippen molar-refractivity contribution in [3.05, 3.63) is 158 Å². The molecule has 5 nitrogen and oxygen atoms in total. The van der Waals surface area contributed by atoms with Crippen molar-refractivity contribution in [2.45, 2.75) is 13.8 Å². The van der Waals surface area contributed by atoms with Crippen molar-refractivity contribution in [3.8, 4) is 22.6 Å². The van der Waals surface area contributed by atoms with Gasteiger partial charge in [0.2, 0.25) is 0 Å². The lowest BCUT2D eigenvalue weighted by Gasteiger charge is -2.26. The molecule has 5 heteroatoms. The minimum Gasteiger partial charge on any atom is -0.508 e. The molecule has 6 aromatic rings. The van der Waals surface area contributed by atoms with Gasteiger partial charge >= 0.3 is 0 Å².